The molecule has 0 spiro atoms. The number of carbonyl (C=O) groups excluding carboxylic acids is 2. The molecule has 0 saturated heterocycles. The second kappa shape index (κ2) is 8.87. The molecule has 140 valence electrons. The summed E-state index contributed by atoms with van der Waals surface area (Å²) in [5.74, 6) is -0.716. The minimum atomic E-state index is -0.474. The van der Waals surface area contributed by atoms with Gasteiger partial charge in [0.25, 0.3) is 5.91 Å². The number of nitrogens with zero attached hydrogens (tertiary/aromatic N) is 2. The van der Waals surface area contributed by atoms with Gasteiger partial charge in [0.1, 0.15) is 6.54 Å². The van der Waals surface area contributed by atoms with Gasteiger partial charge in [-0.25, -0.2) is 0 Å². The van der Waals surface area contributed by atoms with Crippen LogP contribution in [0.4, 0.5) is 0 Å². The van der Waals surface area contributed by atoms with Gasteiger partial charge in [0.2, 0.25) is 0 Å². The van der Waals surface area contributed by atoms with Crippen molar-refractivity contribution in [1.82, 2.24) is 9.47 Å². The van der Waals surface area contributed by atoms with Gasteiger partial charge in [0, 0.05) is 35.8 Å². The Hall–Kier alpha value is -2.31. The zero-order valence-electron chi connectivity index (χ0n) is 15.4. The summed E-state index contributed by atoms with van der Waals surface area (Å²) in [5.41, 5.74) is 3.09. The van der Waals surface area contributed by atoms with Crippen LogP contribution >= 0.6 is 11.6 Å². The first-order valence-corrected chi connectivity index (χ1v) is 8.56. The minimum absolute atomic E-state index is 0.125. The van der Waals surface area contributed by atoms with E-state index in [0.29, 0.717) is 23.7 Å². The second-order valence-corrected chi connectivity index (χ2v) is 6.33. The summed E-state index contributed by atoms with van der Waals surface area (Å²) < 4.78 is 11.7. The highest BCUT2D eigenvalue weighted by atomic mass is 35.5. The van der Waals surface area contributed by atoms with E-state index in [1.165, 1.54) is 12.0 Å². The number of hydrogen-bond donors (Lipinski definition) is 0. The maximum Gasteiger partial charge on any atom is 0.325 e. The molecule has 0 radical (unpaired) electrons. The van der Waals surface area contributed by atoms with Crippen molar-refractivity contribution in [3.8, 4) is 5.69 Å². The van der Waals surface area contributed by atoms with Crippen molar-refractivity contribution in [2.45, 2.75) is 13.8 Å². The molecular formula is C19H23ClN2O4. The van der Waals surface area contributed by atoms with Crippen molar-refractivity contribution in [2.75, 3.05) is 33.9 Å². The first-order valence-electron chi connectivity index (χ1n) is 8.19. The van der Waals surface area contributed by atoms with Gasteiger partial charge >= 0.3 is 5.97 Å². The number of aromatic nitrogens is 1. The van der Waals surface area contributed by atoms with Crippen LogP contribution in [0.1, 0.15) is 21.7 Å². The molecule has 0 atom stereocenters. The van der Waals surface area contributed by atoms with E-state index in [-0.39, 0.29) is 12.5 Å². The van der Waals surface area contributed by atoms with Crippen LogP contribution in [0.15, 0.2) is 30.3 Å². The molecule has 0 aliphatic rings. The molecule has 0 saturated carbocycles. The Kier molecular flexibility index (Phi) is 6.83. The molecule has 0 aliphatic heterocycles. The zero-order valence-corrected chi connectivity index (χ0v) is 16.2. The maximum atomic E-state index is 13.0. The van der Waals surface area contributed by atoms with Gasteiger partial charge in [0.15, 0.2) is 0 Å². The van der Waals surface area contributed by atoms with Crippen molar-refractivity contribution in [3.05, 3.63) is 52.3 Å². The number of halogens is 1. The van der Waals surface area contributed by atoms with Crippen LogP contribution in [-0.4, -0.2) is 55.3 Å². The molecule has 26 heavy (non-hydrogen) atoms. The van der Waals surface area contributed by atoms with Gasteiger partial charge < -0.3 is 18.9 Å². The number of benzene rings is 1. The molecule has 1 aromatic carbocycles. The number of ether oxygens (including phenoxy) is 2. The molecule has 1 amide bonds. The molecule has 2 rings (SSSR count). The van der Waals surface area contributed by atoms with E-state index in [4.69, 9.17) is 21.1 Å². The van der Waals surface area contributed by atoms with Crippen LogP contribution < -0.4 is 0 Å². The summed E-state index contributed by atoms with van der Waals surface area (Å²) in [7, 11) is 2.85. The highest BCUT2D eigenvalue weighted by Crippen LogP contribution is 2.24. The summed E-state index contributed by atoms with van der Waals surface area (Å²) in [6, 6.07) is 9.24. The fourth-order valence-corrected chi connectivity index (χ4v) is 3.02. The van der Waals surface area contributed by atoms with Crippen LogP contribution in [0.5, 0.6) is 0 Å². The van der Waals surface area contributed by atoms with E-state index in [2.05, 4.69) is 0 Å². The second-order valence-electron chi connectivity index (χ2n) is 5.90. The van der Waals surface area contributed by atoms with E-state index in [0.717, 1.165) is 17.1 Å². The Morgan fingerprint density at radius 3 is 2.54 bits per heavy atom. The number of aryl methyl sites for hydroxylation is 1. The summed E-state index contributed by atoms with van der Waals surface area (Å²) in [5, 5.41) is 0.621. The normalized spacial score (nSPS) is 10.7. The lowest BCUT2D eigenvalue weighted by Gasteiger charge is -2.21. The molecule has 0 unspecified atom stereocenters. The van der Waals surface area contributed by atoms with Crippen LogP contribution in [0, 0.1) is 13.8 Å². The van der Waals surface area contributed by atoms with Crippen molar-refractivity contribution in [2.24, 2.45) is 0 Å². The number of hydrogen-bond acceptors (Lipinski definition) is 4. The number of rotatable bonds is 7. The molecule has 1 heterocycles. The van der Waals surface area contributed by atoms with E-state index in [1.807, 2.05) is 42.7 Å². The lowest BCUT2D eigenvalue weighted by atomic mass is 10.2. The van der Waals surface area contributed by atoms with E-state index >= 15 is 0 Å². The predicted molar refractivity (Wildman–Crippen MR) is 100 cm³/mol. The molecule has 1 aromatic heterocycles. The number of methoxy groups -OCH3 is 2. The van der Waals surface area contributed by atoms with Gasteiger partial charge in [-0.05, 0) is 38.1 Å². The third-order valence-corrected chi connectivity index (χ3v) is 4.36. The van der Waals surface area contributed by atoms with Crippen molar-refractivity contribution >= 4 is 23.5 Å². The SMILES string of the molecule is COCCN(CC(=O)OC)C(=O)c1cc(C)n(-c2cccc(Cl)c2)c1C. The van der Waals surface area contributed by atoms with Gasteiger partial charge in [0.05, 0.1) is 19.3 Å². The minimum Gasteiger partial charge on any atom is -0.468 e. The number of amides is 1. The highest BCUT2D eigenvalue weighted by molar-refractivity contribution is 6.30. The van der Waals surface area contributed by atoms with Crippen LogP contribution in [0.3, 0.4) is 0 Å². The fraction of sp³-hybridized carbons (Fsp3) is 0.368. The Bertz CT molecular complexity index is 801. The van der Waals surface area contributed by atoms with E-state index < -0.39 is 5.97 Å². The van der Waals surface area contributed by atoms with Gasteiger partial charge in [-0.2, -0.15) is 0 Å². The lowest BCUT2D eigenvalue weighted by molar-refractivity contribution is -0.141. The monoisotopic (exact) mass is 378 g/mol. The van der Waals surface area contributed by atoms with Gasteiger partial charge in [-0.15, -0.1) is 0 Å². The zero-order chi connectivity index (χ0) is 19.3. The third kappa shape index (κ3) is 4.45. The number of carbonyl (C=O) groups is 2. The Labute approximate surface area is 158 Å². The van der Waals surface area contributed by atoms with Gasteiger partial charge in [-0.3, -0.25) is 9.59 Å². The van der Waals surface area contributed by atoms with Crippen molar-refractivity contribution in [1.29, 1.82) is 0 Å². The molecule has 0 fully saturated rings. The van der Waals surface area contributed by atoms with Crippen LogP contribution in [0.25, 0.3) is 5.69 Å². The quantitative estimate of drug-likeness (QED) is 0.695. The summed E-state index contributed by atoms with van der Waals surface area (Å²) in [6.07, 6.45) is 0. The molecule has 0 bridgehead atoms. The fourth-order valence-electron chi connectivity index (χ4n) is 2.84. The summed E-state index contributed by atoms with van der Waals surface area (Å²) >= 11 is 6.10. The summed E-state index contributed by atoms with van der Waals surface area (Å²) in [6.45, 7) is 4.29. The topological polar surface area (TPSA) is 60.8 Å². The summed E-state index contributed by atoms with van der Waals surface area (Å²) in [4.78, 5) is 26.1. The van der Waals surface area contributed by atoms with Crippen LogP contribution in [-0.2, 0) is 14.3 Å². The van der Waals surface area contributed by atoms with Gasteiger partial charge in [-0.1, -0.05) is 17.7 Å². The molecule has 7 heteroatoms. The molecule has 6 nitrogen and oxygen atoms in total. The average molecular weight is 379 g/mol. The maximum absolute atomic E-state index is 13.0. The van der Waals surface area contributed by atoms with E-state index in [9.17, 15) is 9.59 Å². The Balaban J connectivity index is 2.38. The first kappa shape index (κ1) is 20.0. The lowest BCUT2D eigenvalue weighted by Crippen LogP contribution is -2.38. The number of esters is 1. The largest absolute Gasteiger partial charge is 0.468 e. The average Bonchev–Trinajstić information content (AvgIpc) is 2.92. The Morgan fingerprint density at radius 2 is 1.92 bits per heavy atom. The molecular weight excluding hydrogens is 356 g/mol. The van der Waals surface area contributed by atoms with E-state index in [1.54, 1.807) is 13.2 Å². The standard InChI is InChI=1S/C19H23ClN2O4/c1-13-10-17(14(2)22(13)16-7-5-6-15(20)11-16)19(24)21(8-9-25-3)12-18(23)26-4/h5-7,10-11H,8-9,12H2,1-4H3. The predicted octanol–water partition coefficient (Wildman–Crippen LogP) is 3.01. The third-order valence-electron chi connectivity index (χ3n) is 4.13. The highest BCUT2D eigenvalue weighted by Gasteiger charge is 2.24. The van der Waals surface area contributed by atoms with Crippen LogP contribution in [0.2, 0.25) is 5.02 Å². The van der Waals surface area contributed by atoms with Crippen molar-refractivity contribution in [3.63, 3.8) is 0 Å². The smallest absolute Gasteiger partial charge is 0.325 e. The molecule has 0 N–H and O–H groups in total. The molecule has 2 aromatic rings. The Morgan fingerprint density at radius 1 is 1.19 bits per heavy atom. The first-order chi connectivity index (χ1) is 12.4. The van der Waals surface area contributed by atoms with Crippen molar-refractivity contribution < 1.29 is 19.1 Å². The molecule has 0 aliphatic carbocycles.